The lowest BCUT2D eigenvalue weighted by atomic mass is 10.1. The van der Waals surface area contributed by atoms with Gasteiger partial charge in [-0.2, -0.15) is 5.10 Å². The smallest absolute Gasteiger partial charge is 0.320 e. The van der Waals surface area contributed by atoms with Gasteiger partial charge in [-0.25, -0.2) is 4.79 Å². The van der Waals surface area contributed by atoms with Gasteiger partial charge in [-0.05, 0) is 27.2 Å². The first kappa shape index (κ1) is 11.6. The molecule has 0 aromatic carbocycles. The first-order chi connectivity index (χ1) is 6.92. The van der Waals surface area contributed by atoms with Crippen LogP contribution in [0.3, 0.4) is 0 Å². The lowest BCUT2D eigenvalue weighted by Crippen LogP contribution is -2.43. The summed E-state index contributed by atoms with van der Waals surface area (Å²) in [5.41, 5.74) is 0.760. The predicted octanol–water partition coefficient (Wildman–Crippen LogP) is 1.89. The Balaban J connectivity index is 2.59. The van der Waals surface area contributed by atoms with Crippen LogP contribution >= 0.6 is 0 Å². The Bertz CT molecular complexity index is 337. The van der Waals surface area contributed by atoms with Gasteiger partial charge in [0.15, 0.2) is 0 Å². The van der Waals surface area contributed by atoms with Crippen LogP contribution in [0.2, 0.25) is 0 Å². The normalized spacial score (nSPS) is 11.2. The number of nitrogens with zero attached hydrogens (tertiary/aromatic N) is 1. The molecule has 0 saturated heterocycles. The van der Waals surface area contributed by atoms with Gasteiger partial charge in [0.05, 0.1) is 6.20 Å². The number of hydrogen-bond acceptors (Lipinski definition) is 2. The van der Waals surface area contributed by atoms with E-state index in [1.165, 1.54) is 0 Å². The van der Waals surface area contributed by atoms with Gasteiger partial charge in [0.2, 0.25) is 0 Å². The Kier molecular flexibility index (Phi) is 3.34. The summed E-state index contributed by atoms with van der Waals surface area (Å²) in [6, 6.07) is -0.221. The maximum absolute atomic E-state index is 11.5. The highest BCUT2D eigenvalue weighted by atomic mass is 16.2. The Hall–Kier alpha value is -1.52. The lowest BCUT2D eigenvalue weighted by molar-refractivity contribution is 0.243. The molecule has 0 aliphatic carbocycles. The minimum absolute atomic E-state index is 0.221. The highest BCUT2D eigenvalue weighted by Crippen LogP contribution is 2.11. The molecule has 0 unspecified atom stereocenters. The average molecular weight is 210 g/mol. The maximum Gasteiger partial charge on any atom is 0.320 e. The zero-order valence-corrected chi connectivity index (χ0v) is 9.64. The third kappa shape index (κ3) is 3.61. The Morgan fingerprint density at radius 1 is 1.53 bits per heavy atom. The van der Waals surface area contributed by atoms with Crippen molar-refractivity contribution in [3.05, 3.63) is 11.8 Å². The zero-order chi connectivity index (χ0) is 11.5. The van der Waals surface area contributed by atoms with Crippen molar-refractivity contribution in [2.24, 2.45) is 0 Å². The van der Waals surface area contributed by atoms with Crippen molar-refractivity contribution in [1.29, 1.82) is 0 Å². The molecule has 1 aromatic heterocycles. The minimum atomic E-state index is -0.240. The van der Waals surface area contributed by atoms with Crippen LogP contribution in [0.5, 0.6) is 0 Å². The van der Waals surface area contributed by atoms with E-state index >= 15 is 0 Å². The molecule has 1 aromatic rings. The van der Waals surface area contributed by atoms with Crippen LogP contribution in [0.4, 0.5) is 10.6 Å². The molecule has 0 aliphatic rings. The summed E-state index contributed by atoms with van der Waals surface area (Å²) in [6.45, 7) is 7.80. The molecule has 0 spiro atoms. The highest BCUT2D eigenvalue weighted by Gasteiger charge is 2.14. The second-order valence-corrected chi connectivity index (χ2v) is 4.45. The van der Waals surface area contributed by atoms with Gasteiger partial charge in [0.25, 0.3) is 0 Å². The third-order valence-electron chi connectivity index (χ3n) is 1.83. The molecule has 2 amide bonds. The maximum atomic E-state index is 11.5. The number of aromatic nitrogens is 2. The number of hydrogen-bond donors (Lipinski definition) is 3. The summed E-state index contributed by atoms with van der Waals surface area (Å²) in [5, 5.41) is 12.2. The monoisotopic (exact) mass is 210 g/mol. The number of urea groups is 1. The largest absolute Gasteiger partial charge is 0.333 e. The van der Waals surface area contributed by atoms with E-state index in [1.54, 1.807) is 6.20 Å². The number of aryl methyl sites for hydroxylation is 1. The summed E-state index contributed by atoms with van der Waals surface area (Å²) in [4.78, 5) is 11.5. The van der Waals surface area contributed by atoms with Crippen LogP contribution in [0, 0.1) is 0 Å². The molecule has 0 radical (unpaired) electrons. The van der Waals surface area contributed by atoms with E-state index in [9.17, 15) is 4.79 Å². The van der Waals surface area contributed by atoms with Crippen molar-refractivity contribution in [2.75, 3.05) is 5.32 Å². The molecule has 3 N–H and O–H groups in total. The number of carbonyl (C=O) groups is 1. The Morgan fingerprint density at radius 2 is 2.20 bits per heavy atom. The molecular weight excluding hydrogens is 192 g/mol. The van der Waals surface area contributed by atoms with Crippen LogP contribution < -0.4 is 10.6 Å². The van der Waals surface area contributed by atoms with Crippen LogP contribution in [0.1, 0.15) is 33.3 Å². The molecule has 0 aliphatic heterocycles. The van der Waals surface area contributed by atoms with Crippen molar-refractivity contribution in [1.82, 2.24) is 15.5 Å². The van der Waals surface area contributed by atoms with Crippen molar-refractivity contribution < 1.29 is 4.79 Å². The van der Waals surface area contributed by atoms with Crippen LogP contribution in [0.25, 0.3) is 0 Å². The lowest BCUT2D eigenvalue weighted by Gasteiger charge is -2.20. The molecule has 0 saturated carbocycles. The second-order valence-electron chi connectivity index (χ2n) is 4.45. The summed E-state index contributed by atoms with van der Waals surface area (Å²) in [6.07, 6.45) is 2.55. The second kappa shape index (κ2) is 4.33. The van der Waals surface area contributed by atoms with Crippen LogP contribution in [0.15, 0.2) is 6.20 Å². The van der Waals surface area contributed by atoms with E-state index in [1.807, 2.05) is 27.7 Å². The fourth-order valence-electron chi connectivity index (χ4n) is 1.17. The SMILES string of the molecule is CCc1cn[nH]c1NC(=O)NC(C)(C)C. The van der Waals surface area contributed by atoms with Crippen molar-refractivity contribution in [3.8, 4) is 0 Å². The number of carbonyl (C=O) groups excluding carboxylic acids is 1. The Labute approximate surface area is 89.6 Å². The van der Waals surface area contributed by atoms with E-state index in [4.69, 9.17) is 0 Å². The van der Waals surface area contributed by atoms with Crippen LogP contribution in [-0.2, 0) is 6.42 Å². The van der Waals surface area contributed by atoms with E-state index in [0.717, 1.165) is 12.0 Å². The fourth-order valence-corrected chi connectivity index (χ4v) is 1.17. The van der Waals surface area contributed by atoms with Gasteiger partial charge >= 0.3 is 6.03 Å². The van der Waals surface area contributed by atoms with E-state index < -0.39 is 0 Å². The summed E-state index contributed by atoms with van der Waals surface area (Å²) < 4.78 is 0. The number of aromatic amines is 1. The van der Waals surface area contributed by atoms with Gasteiger partial charge in [0, 0.05) is 11.1 Å². The molecule has 0 atom stereocenters. The predicted molar refractivity (Wildman–Crippen MR) is 59.9 cm³/mol. The third-order valence-corrected chi connectivity index (χ3v) is 1.83. The molecule has 0 fully saturated rings. The molecule has 1 heterocycles. The first-order valence-electron chi connectivity index (χ1n) is 5.04. The van der Waals surface area contributed by atoms with Crippen molar-refractivity contribution in [3.63, 3.8) is 0 Å². The fraction of sp³-hybridized carbons (Fsp3) is 0.600. The standard InChI is InChI=1S/C10H18N4O/c1-5-7-6-11-14-8(7)12-9(15)13-10(2,3)4/h6H,5H2,1-4H3,(H3,11,12,13,14,15). The molecule has 84 valence electrons. The van der Waals surface area contributed by atoms with Gasteiger partial charge in [-0.1, -0.05) is 6.92 Å². The number of anilines is 1. The van der Waals surface area contributed by atoms with E-state index in [0.29, 0.717) is 5.82 Å². The zero-order valence-electron chi connectivity index (χ0n) is 9.64. The average Bonchev–Trinajstić information content (AvgIpc) is 2.48. The summed E-state index contributed by atoms with van der Waals surface area (Å²) in [7, 11) is 0. The topological polar surface area (TPSA) is 69.8 Å². The number of amides is 2. The van der Waals surface area contributed by atoms with Gasteiger partial charge in [-0.3, -0.25) is 10.4 Å². The van der Waals surface area contributed by atoms with Crippen molar-refractivity contribution in [2.45, 2.75) is 39.7 Å². The summed E-state index contributed by atoms with van der Waals surface area (Å²) >= 11 is 0. The first-order valence-corrected chi connectivity index (χ1v) is 5.04. The van der Waals surface area contributed by atoms with Gasteiger partial charge in [-0.15, -0.1) is 0 Å². The molecule has 1 rings (SSSR count). The Morgan fingerprint density at radius 3 is 2.73 bits per heavy atom. The molecular formula is C10H18N4O. The van der Waals surface area contributed by atoms with E-state index in [-0.39, 0.29) is 11.6 Å². The quantitative estimate of drug-likeness (QED) is 0.697. The van der Waals surface area contributed by atoms with Gasteiger partial charge < -0.3 is 5.32 Å². The number of nitrogens with one attached hydrogen (secondary N) is 3. The van der Waals surface area contributed by atoms with E-state index in [2.05, 4.69) is 20.8 Å². The number of rotatable bonds is 2. The molecule has 15 heavy (non-hydrogen) atoms. The summed E-state index contributed by atoms with van der Waals surface area (Å²) in [5.74, 6) is 0.666. The molecule has 5 nitrogen and oxygen atoms in total. The highest BCUT2D eigenvalue weighted by molar-refractivity contribution is 5.89. The molecule has 0 bridgehead atoms. The molecule has 5 heteroatoms. The van der Waals surface area contributed by atoms with Crippen LogP contribution in [-0.4, -0.2) is 21.8 Å². The van der Waals surface area contributed by atoms with Gasteiger partial charge in [0.1, 0.15) is 5.82 Å². The minimum Gasteiger partial charge on any atom is -0.333 e. The number of H-pyrrole nitrogens is 1. The van der Waals surface area contributed by atoms with Crippen molar-refractivity contribution >= 4 is 11.8 Å².